The molecule has 0 spiro atoms. The zero-order valence-corrected chi connectivity index (χ0v) is 11.9. The van der Waals surface area contributed by atoms with Crippen LogP contribution in [0.3, 0.4) is 0 Å². The van der Waals surface area contributed by atoms with Crippen LogP contribution in [0, 0.1) is 6.92 Å². The average Bonchev–Trinajstić information content (AvgIpc) is 2.50. The third-order valence-electron chi connectivity index (χ3n) is 3.20. The van der Waals surface area contributed by atoms with E-state index in [-0.39, 0.29) is 6.54 Å². The second-order valence-corrected chi connectivity index (χ2v) is 4.54. The van der Waals surface area contributed by atoms with E-state index >= 15 is 0 Å². The van der Waals surface area contributed by atoms with Crippen LogP contribution in [0.2, 0.25) is 0 Å². The summed E-state index contributed by atoms with van der Waals surface area (Å²) in [6, 6.07) is 9.10. The number of ether oxygens (including phenoxy) is 1. The van der Waals surface area contributed by atoms with Gasteiger partial charge in [0, 0.05) is 6.54 Å². The number of nitrogens with zero attached hydrogens (tertiary/aromatic N) is 2. The highest BCUT2D eigenvalue weighted by Gasteiger charge is 2.20. The number of anilines is 1. The van der Waals surface area contributed by atoms with Crippen LogP contribution in [0.1, 0.15) is 17.0 Å². The third kappa shape index (κ3) is 3.47. The molecule has 1 unspecified atom stereocenters. The van der Waals surface area contributed by atoms with Crippen molar-refractivity contribution >= 4 is 11.8 Å². The van der Waals surface area contributed by atoms with E-state index in [0.717, 1.165) is 11.1 Å². The van der Waals surface area contributed by atoms with Crippen molar-refractivity contribution in [3.05, 3.63) is 47.8 Å². The molecule has 0 bridgehead atoms. The molecule has 2 N–H and O–H groups in total. The normalized spacial score (nSPS) is 11.7. The molecule has 1 aromatic carbocycles. The predicted octanol–water partition coefficient (Wildman–Crippen LogP) is 2.07. The smallest absolute Gasteiger partial charge is 0.312 e. The SMILES string of the molecule is COc1ncnc(NCC(C(=O)O)c2ccccc2)c1C. The Labute approximate surface area is 122 Å². The zero-order chi connectivity index (χ0) is 15.2. The summed E-state index contributed by atoms with van der Waals surface area (Å²) in [6.07, 6.45) is 1.38. The number of hydrogen-bond donors (Lipinski definition) is 2. The van der Waals surface area contributed by atoms with E-state index in [9.17, 15) is 9.90 Å². The molecule has 0 aliphatic carbocycles. The maximum absolute atomic E-state index is 11.4. The van der Waals surface area contributed by atoms with Gasteiger partial charge in [-0.2, -0.15) is 0 Å². The maximum atomic E-state index is 11.4. The average molecular weight is 287 g/mol. The van der Waals surface area contributed by atoms with Gasteiger partial charge in [0.2, 0.25) is 5.88 Å². The Kier molecular flexibility index (Phi) is 4.71. The molecule has 0 aliphatic rings. The van der Waals surface area contributed by atoms with Gasteiger partial charge in [-0.1, -0.05) is 30.3 Å². The minimum Gasteiger partial charge on any atom is -0.481 e. The number of carbonyl (C=O) groups is 1. The molecule has 1 heterocycles. The van der Waals surface area contributed by atoms with Crippen LogP contribution in [0.25, 0.3) is 0 Å². The number of carboxylic acid groups (broad SMARTS) is 1. The van der Waals surface area contributed by atoms with Gasteiger partial charge in [0.1, 0.15) is 12.1 Å². The lowest BCUT2D eigenvalue weighted by molar-refractivity contribution is -0.138. The van der Waals surface area contributed by atoms with Crippen LogP contribution in [-0.4, -0.2) is 34.7 Å². The van der Waals surface area contributed by atoms with Gasteiger partial charge in [0.05, 0.1) is 18.6 Å². The number of nitrogens with one attached hydrogen (secondary N) is 1. The number of rotatable bonds is 6. The van der Waals surface area contributed by atoms with Gasteiger partial charge in [-0.15, -0.1) is 0 Å². The molecular weight excluding hydrogens is 270 g/mol. The Morgan fingerprint density at radius 2 is 2.05 bits per heavy atom. The van der Waals surface area contributed by atoms with Crippen LogP contribution < -0.4 is 10.1 Å². The molecule has 1 aromatic heterocycles. The first kappa shape index (κ1) is 14.8. The van der Waals surface area contributed by atoms with Gasteiger partial charge in [-0.3, -0.25) is 4.79 Å². The van der Waals surface area contributed by atoms with E-state index in [4.69, 9.17) is 4.74 Å². The molecule has 0 radical (unpaired) electrons. The molecular formula is C15H17N3O3. The predicted molar refractivity (Wildman–Crippen MR) is 78.6 cm³/mol. The summed E-state index contributed by atoms with van der Waals surface area (Å²) in [5.41, 5.74) is 1.49. The van der Waals surface area contributed by atoms with Crippen molar-refractivity contribution in [3.63, 3.8) is 0 Å². The van der Waals surface area contributed by atoms with E-state index in [1.807, 2.05) is 25.1 Å². The second kappa shape index (κ2) is 6.69. The minimum absolute atomic E-state index is 0.236. The molecule has 21 heavy (non-hydrogen) atoms. The Balaban J connectivity index is 2.15. The lowest BCUT2D eigenvalue weighted by Crippen LogP contribution is -2.21. The largest absolute Gasteiger partial charge is 0.481 e. The van der Waals surface area contributed by atoms with Gasteiger partial charge < -0.3 is 15.2 Å². The summed E-state index contributed by atoms with van der Waals surface area (Å²) in [7, 11) is 1.53. The van der Waals surface area contributed by atoms with E-state index < -0.39 is 11.9 Å². The lowest BCUT2D eigenvalue weighted by atomic mass is 9.99. The molecule has 0 saturated carbocycles. The molecule has 0 fully saturated rings. The van der Waals surface area contributed by atoms with Crippen molar-refractivity contribution in [1.29, 1.82) is 0 Å². The highest BCUT2D eigenvalue weighted by atomic mass is 16.5. The zero-order valence-electron chi connectivity index (χ0n) is 11.9. The Morgan fingerprint density at radius 3 is 2.67 bits per heavy atom. The van der Waals surface area contributed by atoms with Crippen LogP contribution >= 0.6 is 0 Å². The van der Waals surface area contributed by atoms with Gasteiger partial charge in [0.15, 0.2) is 0 Å². The molecule has 0 aliphatic heterocycles. The number of methoxy groups -OCH3 is 1. The summed E-state index contributed by atoms with van der Waals surface area (Å²) in [6.45, 7) is 2.06. The van der Waals surface area contributed by atoms with Crippen LogP contribution in [0.5, 0.6) is 5.88 Å². The van der Waals surface area contributed by atoms with Crippen molar-refractivity contribution in [2.45, 2.75) is 12.8 Å². The summed E-state index contributed by atoms with van der Waals surface area (Å²) in [5.74, 6) is -0.484. The van der Waals surface area contributed by atoms with Crippen LogP contribution in [-0.2, 0) is 4.79 Å². The minimum atomic E-state index is -0.882. The fourth-order valence-electron chi connectivity index (χ4n) is 2.05. The highest BCUT2D eigenvalue weighted by molar-refractivity contribution is 5.77. The number of benzene rings is 1. The van der Waals surface area contributed by atoms with Crippen LogP contribution in [0.4, 0.5) is 5.82 Å². The fraction of sp³-hybridized carbons (Fsp3) is 0.267. The van der Waals surface area contributed by atoms with E-state index in [2.05, 4.69) is 15.3 Å². The van der Waals surface area contributed by atoms with Crippen molar-refractivity contribution in [1.82, 2.24) is 9.97 Å². The topological polar surface area (TPSA) is 84.3 Å². The molecule has 1 atom stereocenters. The Hall–Kier alpha value is -2.63. The van der Waals surface area contributed by atoms with E-state index in [0.29, 0.717) is 11.7 Å². The van der Waals surface area contributed by atoms with E-state index in [1.165, 1.54) is 13.4 Å². The first-order chi connectivity index (χ1) is 10.1. The molecule has 0 saturated heterocycles. The summed E-state index contributed by atoms with van der Waals surface area (Å²) >= 11 is 0. The maximum Gasteiger partial charge on any atom is 0.312 e. The monoisotopic (exact) mass is 287 g/mol. The standard InChI is InChI=1S/C15H17N3O3/c1-10-13(17-9-18-14(10)21-2)16-8-12(15(19)20)11-6-4-3-5-7-11/h3-7,9,12H,8H2,1-2H3,(H,19,20)(H,16,17,18). The van der Waals surface area contributed by atoms with Crippen molar-refractivity contribution in [2.24, 2.45) is 0 Å². The van der Waals surface area contributed by atoms with Gasteiger partial charge in [-0.25, -0.2) is 9.97 Å². The highest BCUT2D eigenvalue weighted by Crippen LogP contribution is 2.22. The van der Waals surface area contributed by atoms with Crippen molar-refractivity contribution in [3.8, 4) is 5.88 Å². The second-order valence-electron chi connectivity index (χ2n) is 4.54. The van der Waals surface area contributed by atoms with Gasteiger partial charge in [0.25, 0.3) is 0 Å². The molecule has 6 heteroatoms. The molecule has 6 nitrogen and oxygen atoms in total. The van der Waals surface area contributed by atoms with Gasteiger partial charge >= 0.3 is 5.97 Å². The summed E-state index contributed by atoms with van der Waals surface area (Å²) in [5, 5.41) is 12.4. The number of aliphatic carboxylic acids is 1. The third-order valence-corrected chi connectivity index (χ3v) is 3.20. The molecule has 2 rings (SSSR count). The van der Waals surface area contributed by atoms with Crippen LogP contribution in [0.15, 0.2) is 36.7 Å². The fourth-order valence-corrected chi connectivity index (χ4v) is 2.05. The Morgan fingerprint density at radius 1 is 1.33 bits per heavy atom. The quantitative estimate of drug-likeness (QED) is 0.846. The van der Waals surface area contributed by atoms with Gasteiger partial charge in [-0.05, 0) is 12.5 Å². The summed E-state index contributed by atoms with van der Waals surface area (Å²) in [4.78, 5) is 19.5. The van der Waals surface area contributed by atoms with Crippen molar-refractivity contribution < 1.29 is 14.6 Å². The molecule has 2 aromatic rings. The first-order valence-electron chi connectivity index (χ1n) is 6.50. The number of hydrogen-bond acceptors (Lipinski definition) is 5. The van der Waals surface area contributed by atoms with Crippen molar-refractivity contribution in [2.75, 3.05) is 19.0 Å². The lowest BCUT2D eigenvalue weighted by Gasteiger charge is -2.15. The Bertz CT molecular complexity index is 617. The van der Waals surface area contributed by atoms with E-state index in [1.54, 1.807) is 12.1 Å². The number of aromatic nitrogens is 2. The summed E-state index contributed by atoms with van der Waals surface area (Å²) < 4.78 is 5.12. The number of carboxylic acids is 1. The first-order valence-corrected chi connectivity index (χ1v) is 6.50. The molecule has 110 valence electrons. The molecule has 0 amide bonds.